The Hall–Kier alpha value is -3.01. The standard InChI is InChI=1S/C14H14N4O3/c1-3-6-18(10-12(19)20)14(21)11-9-15-16(2)13(11)17-7-4-5-8-17/h1,4-5,7-9H,6,10H2,2H3,(H,19,20). The van der Waals surface area contributed by atoms with Crippen molar-refractivity contribution in [3.63, 3.8) is 0 Å². The largest absolute Gasteiger partial charge is 0.480 e. The van der Waals surface area contributed by atoms with E-state index in [0.29, 0.717) is 11.4 Å². The van der Waals surface area contributed by atoms with E-state index >= 15 is 0 Å². The van der Waals surface area contributed by atoms with Gasteiger partial charge in [0, 0.05) is 19.4 Å². The number of aromatic nitrogens is 3. The van der Waals surface area contributed by atoms with Crippen molar-refractivity contribution in [2.24, 2.45) is 7.05 Å². The molecule has 0 aliphatic carbocycles. The monoisotopic (exact) mass is 286 g/mol. The van der Waals surface area contributed by atoms with E-state index in [2.05, 4.69) is 11.0 Å². The number of amides is 1. The molecule has 0 saturated carbocycles. The summed E-state index contributed by atoms with van der Waals surface area (Å²) in [5, 5.41) is 12.9. The van der Waals surface area contributed by atoms with E-state index in [1.165, 1.54) is 6.20 Å². The van der Waals surface area contributed by atoms with Crippen LogP contribution in [-0.4, -0.2) is 49.3 Å². The molecule has 0 unspecified atom stereocenters. The summed E-state index contributed by atoms with van der Waals surface area (Å²) in [6, 6.07) is 3.63. The molecule has 2 aromatic rings. The van der Waals surface area contributed by atoms with E-state index in [4.69, 9.17) is 11.5 Å². The van der Waals surface area contributed by atoms with Crippen molar-refractivity contribution in [1.82, 2.24) is 19.2 Å². The highest BCUT2D eigenvalue weighted by Gasteiger charge is 2.23. The summed E-state index contributed by atoms with van der Waals surface area (Å²) >= 11 is 0. The zero-order valence-electron chi connectivity index (χ0n) is 11.4. The van der Waals surface area contributed by atoms with Crippen molar-refractivity contribution < 1.29 is 14.7 Å². The zero-order chi connectivity index (χ0) is 15.4. The molecule has 0 aliphatic rings. The van der Waals surface area contributed by atoms with Crippen LogP contribution in [-0.2, 0) is 11.8 Å². The fourth-order valence-electron chi connectivity index (χ4n) is 2.01. The molecule has 21 heavy (non-hydrogen) atoms. The number of hydrogen-bond acceptors (Lipinski definition) is 3. The molecular weight excluding hydrogens is 272 g/mol. The van der Waals surface area contributed by atoms with E-state index in [1.807, 2.05) is 12.1 Å². The van der Waals surface area contributed by atoms with Crippen LogP contribution in [0.5, 0.6) is 0 Å². The third kappa shape index (κ3) is 2.95. The van der Waals surface area contributed by atoms with Crippen molar-refractivity contribution in [2.45, 2.75) is 0 Å². The maximum absolute atomic E-state index is 12.5. The van der Waals surface area contributed by atoms with Crippen LogP contribution in [0.2, 0.25) is 0 Å². The SMILES string of the molecule is C#CCN(CC(=O)O)C(=O)c1cnn(C)c1-n1cccc1. The number of rotatable bonds is 5. The summed E-state index contributed by atoms with van der Waals surface area (Å²) in [5.41, 5.74) is 0.296. The Morgan fingerprint density at radius 2 is 2.10 bits per heavy atom. The lowest BCUT2D eigenvalue weighted by Crippen LogP contribution is -2.36. The highest BCUT2D eigenvalue weighted by atomic mass is 16.4. The maximum atomic E-state index is 12.5. The predicted octanol–water partition coefficient (Wildman–Crippen LogP) is 0.371. The lowest BCUT2D eigenvalue weighted by atomic mass is 10.2. The quantitative estimate of drug-likeness (QED) is 0.805. The Labute approximate surface area is 121 Å². The number of carbonyl (C=O) groups is 2. The van der Waals surface area contributed by atoms with Crippen LogP contribution in [0.3, 0.4) is 0 Å². The molecule has 1 N–H and O–H groups in total. The molecule has 0 saturated heterocycles. The molecule has 0 aliphatic heterocycles. The normalized spacial score (nSPS) is 10.1. The van der Waals surface area contributed by atoms with Gasteiger partial charge in [-0.1, -0.05) is 5.92 Å². The van der Waals surface area contributed by atoms with Gasteiger partial charge < -0.3 is 14.6 Å². The van der Waals surface area contributed by atoms with Crippen molar-refractivity contribution in [3.05, 3.63) is 36.3 Å². The summed E-state index contributed by atoms with van der Waals surface area (Å²) in [5.74, 6) is 1.26. The smallest absolute Gasteiger partial charge is 0.323 e. The van der Waals surface area contributed by atoms with Gasteiger partial charge >= 0.3 is 5.97 Å². The molecule has 1 amide bonds. The lowest BCUT2D eigenvalue weighted by molar-refractivity contribution is -0.137. The van der Waals surface area contributed by atoms with Crippen LogP contribution in [0, 0.1) is 12.3 Å². The molecule has 0 fully saturated rings. The number of nitrogens with zero attached hydrogens (tertiary/aromatic N) is 4. The summed E-state index contributed by atoms with van der Waals surface area (Å²) in [4.78, 5) is 24.4. The topological polar surface area (TPSA) is 80.4 Å². The Kier molecular flexibility index (Phi) is 4.09. The number of aliphatic carboxylic acids is 1. The van der Waals surface area contributed by atoms with E-state index in [1.54, 1.807) is 28.7 Å². The van der Waals surface area contributed by atoms with Crippen molar-refractivity contribution in [2.75, 3.05) is 13.1 Å². The Bertz CT molecular complexity index is 694. The van der Waals surface area contributed by atoms with Gasteiger partial charge in [0.1, 0.15) is 17.9 Å². The minimum absolute atomic E-state index is 0.0782. The van der Waals surface area contributed by atoms with Crippen LogP contribution in [0.15, 0.2) is 30.7 Å². The van der Waals surface area contributed by atoms with E-state index in [9.17, 15) is 9.59 Å². The predicted molar refractivity (Wildman–Crippen MR) is 74.9 cm³/mol. The average molecular weight is 286 g/mol. The second kappa shape index (κ2) is 5.96. The van der Waals surface area contributed by atoms with Gasteiger partial charge in [-0.3, -0.25) is 14.3 Å². The number of hydrogen-bond donors (Lipinski definition) is 1. The van der Waals surface area contributed by atoms with Gasteiger partial charge in [-0.05, 0) is 12.1 Å². The Balaban J connectivity index is 2.39. The third-order valence-corrected chi connectivity index (χ3v) is 2.88. The van der Waals surface area contributed by atoms with Gasteiger partial charge in [0.2, 0.25) is 0 Å². The van der Waals surface area contributed by atoms with Crippen LogP contribution < -0.4 is 0 Å². The minimum atomic E-state index is -1.12. The Morgan fingerprint density at radius 3 is 2.67 bits per heavy atom. The van der Waals surface area contributed by atoms with Gasteiger partial charge in [-0.25, -0.2) is 0 Å². The first-order valence-electron chi connectivity index (χ1n) is 6.14. The van der Waals surface area contributed by atoms with Crippen molar-refractivity contribution in [3.8, 4) is 18.2 Å². The molecule has 0 radical (unpaired) electrons. The van der Waals surface area contributed by atoms with Crippen LogP contribution >= 0.6 is 0 Å². The average Bonchev–Trinajstić information content (AvgIpc) is 3.05. The van der Waals surface area contributed by atoms with Gasteiger partial charge in [-0.2, -0.15) is 5.10 Å². The van der Waals surface area contributed by atoms with Gasteiger partial charge in [0.15, 0.2) is 0 Å². The molecule has 108 valence electrons. The fraction of sp³-hybridized carbons (Fsp3) is 0.214. The van der Waals surface area contributed by atoms with Crippen molar-refractivity contribution >= 4 is 11.9 Å². The Morgan fingerprint density at radius 1 is 1.43 bits per heavy atom. The molecular formula is C14H14N4O3. The van der Waals surface area contributed by atoms with Crippen LogP contribution in [0.25, 0.3) is 5.82 Å². The van der Waals surface area contributed by atoms with Crippen LogP contribution in [0.1, 0.15) is 10.4 Å². The zero-order valence-corrected chi connectivity index (χ0v) is 11.4. The molecule has 7 nitrogen and oxygen atoms in total. The summed E-state index contributed by atoms with van der Waals surface area (Å²) in [7, 11) is 1.70. The molecule has 2 heterocycles. The third-order valence-electron chi connectivity index (χ3n) is 2.88. The van der Waals surface area contributed by atoms with Crippen LogP contribution in [0.4, 0.5) is 0 Å². The lowest BCUT2D eigenvalue weighted by Gasteiger charge is -2.18. The molecule has 0 atom stereocenters. The number of carboxylic acids is 1. The van der Waals surface area contributed by atoms with E-state index in [-0.39, 0.29) is 6.54 Å². The fourth-order valence-corrected chi connectivity index (χ4v) is 2.01. The summed E-state index contributed by atoms with van der Waals surface area (Å²) in [6.07, 6.45) is 10.2. The second-order valence-corrected chi connectivity index (χ2v) is 4.35. The first kappa shape index (κ1) is 14.4. The highest BCUT2D eigenvalue weighted by Crippen LogP contribution is 2.16. The molecule has 2 aromatic heterocycles. The summed E-state index contributed by atoms with van der Waals surface area (Å²) in [6.45, 7) is -0.534. The molecule has 2 rings (SSSR count). The molecule has 0 aromatic carbocycles. The highest BCUT2D eigenvalue weighted by molar-refractivity contribution is 5.98. The number of terminal acetylenes is 1. The number of carbonyl (C=O) groups excluding carboxylic acids is 1. The minimum Gasteiger partial charge on any atom is -0.480 e. The van der Waals surface area contributed by atoms with Gasteiger partial charge in [0.25, 0.3) is 5.91 Å². The maximum Gasteiger partial charge on any atom is 0.323 e. The number of aryl methyl sites for hydroxylation is 1. The first-order chi connectivity index (χ1) is 10.0. The molecule has 0 bridgehead atoms. The van der Waals surface area contributed by atoms with Crippen molar-refractivity contribution in [1.29, 1.82) is 0 Å². The number of carboxylic acid groups (broad SMARTS) is 1. The molecule has 7 heteroatoms. The molecule has 0 spiro atoms. The first-order valence-corrected chi connectivity index (χ1v) is 6.14. The summed E-state index contributed by atoms with van der Waals surface area (Å²) < 4.78 is 3.27. The van der Waals surface area contributed by atoms with Gasteiger partial charge in [-0.15, -0.1) is 6.42 Å². The van der Waals surface area contributed by atoms with Gasteiger partial charge in [0.05, 0.1) is 12.7 Å². The van der Waals surface area contributed by atoms with E-state index < -0.39 is 18.4 Å². The van der Waals surface area contributed by atoms with E-state index in [0.717, 1.165) is 4.90 Å². The second-order valence-electron chi connectivity index (χ2n) is 4.35.